The molecule has 0 amide bonds. The van der Waals surface area contributed by atoms with Crippen molar-refractivity contribution in [1.29, 1.82) is 0 Å². The topological polar surface area (TPSA) is 38.0 Å². The Hall–Kier alpha value is -0.950. The molecule has 112 valence electrons. The molecule has 1 unspecified atom stereocenters. The van der Waals surface area contributed by atoms with Gasteiger partial charge in [-0.15, -0.1) is 0 Å². The summed E-state index contributed by atoms with van der Waals surface area (Å²) in [4.78, 5) is -0.251. The number of benzene rings is 1. The normalized spacial score (nSPS) is 13.1. The Morgan fingerprint density at radius 3 is 2.60 bits per heavy atom. The van der Waals surface area contributed by atoms with Crippen molar-refractivity contribution in [3.8, 4) is 0 Å². The number of nitrogens with two attached hydrogens (primary N) is 1. The highest BCUT2D eigenvalue weighted by Gasteiger charge is 2.34. The number of nitrogens with one attached hydrogen (secondary N) is 1. The molecule has 0 aromatic heterocycles. The minimum atomic E-state index is -4.47. The lowest BCUT2D eigenvalue weighted by Gasteiger charge is -2.18. The number of anilines is 1. The van der Waals surface area contributed by atoms with Crippen molar-refractivity contribution in [3.63, 3.8) is 0 Å². The van der Waals surface area contributed by atoms with Crippen LogP contribution in [0, 0.1) is 0 Å². The summed E-state index contributed by atoms with van der Waals surface area (Å²) < 4.78 is 38.9. The first kappa shape index (κ1) is 17.1. The van der Waals surface area contributed by atoms with Crippen molar-refractivity contribution in [2.24, 2.45) is 5.73 Å². The van der Waals surface area contributed by atoms with Gasteiger partial charge in [0.2, 0.25) is 0 Å². The molecule has 7 heteroatoms. The van der Waals surface area contributed by atoms with Crippen LogP contribution in [-0.2, 0) is 6.18 Å². The Morgan fingerprint density at radius 1 is 1.45 bits per heavy atom. The molecule has 0 spiro atoms. The highest BCUT2D eigenvalue weighted by Crippen LogP contribution is 2.34. The van der Waals surface area contributed by atoms with Gasteiger partial charge in [0.15, 0.2) is 0 Å². The fraction of sp³-hybridized carbons (Fsp3) is 0.462. The van der Waals surface area contributed by atoms with E-state index in [1.165, 1.54) is 6.07 Å². The zero-order valence-corrected chi connectivity index (χ0v) is 12.9. The number of halogens is 3. The second-order valence-corrected chi connectivity index (χ2v) is 5.87. The number of thiocarbonyl (C=S) groups is 1. The van der Waals surface area contributed by atoms with Crippen molar-refractivity contribution in [3.05, 3.63) is 29.3 Å². The predicted octanol–water partition coefficient (Wildman–Crippen LogP) is 3.89. The molecule has 0 saturated heterocycles. The Bertz CT molecular complexity index is 475. The molecule has 1 aromatic rings. The number of rotatable bonds is 6. The van der Waals surface area contributed by atoms with Crippen LogP contribution < -0.4 is 11.1 Å². The van der Waals surface area contributed by atoms with E-state index < -0.39 is 11.7 Å². The Kier molecular flexibility index (Phi) is 6.13. The maximum atomic E-state index is 13.0. The predicted molar refractivity (Wildman–Crippen MR) is 83.4 cm³/mol. The zero-order chi connectivity index (χ0) is 15.3. The maximum absolute atomic E-state index is 13.0. The maximum Gasteiger partial charge on any atom is 0.417 e. The van der Waals surface area contributed by atoms with Gasteiger partial charge < -0.3 is 11.1 Å². The van der Waals surface area contributed by atoms with Gasteiger partial charge in [0.25, 0.3) is 0 Å². The Labute approximate surface area is 126 Å². The summed E-state index contributed by atoms with van der Waals surface area (Å²) in [5.41, 5.74) is 4.82. The van der Waals surface area contributed by atoms with Crippen molar-refractivity contribution in [2.45, 2.75) is 25.6 Å². The van der Waals surface area contributed by atoms with E-state index >= 15 is 0 Å². The summed E-state index contributed by atoms with van der Waals surface area (Å²) >= 11 is 6.36. The van der Waals surface area contributed by atoms with Crippen LogP contribution >= 0.6 is 24.0 Å². The van der Waals surface area contributed by atoms with Gasteiger partial charge in [-0.2, -0.15) is 24.9 Å². The van der Waals surface area contributed by atoms with Gasteiger partial charge in [0.05, 0.1) is 5.56 Å². The molecule has 1 rings (SSSR count). The van der Waals surface area contributed by atoms with E-state index in [1.54, 1.807) is 17.8 Å². The largest absolute Gasteiger partial charge is 0.417 e. The number of hydrogen-bond donors (Lipinski definition) is 2. The van der Waals surface area contributed by atoms with Gasteiger partial charge >= 0.3 is 6.18 Å². The molecule has 2 nitrogen and oxygen atoms in total. The van der Waals surface area contributed by atoms with E-state index in [2.05, 4.69) is 17.5 Å². The molecule has 0 heterocycles. The third kappa shape index (κ3) is 4.86. The molecule has 0 aliphatic rings. The third-order valence-electron chi connectivity index (χ3n) is 2.76. The summed E-state index contributed by atoms with van der Waals surface area (Å²) in [7, 11) is 0. The van der Waals surface area contributed by atoms with Crippen molar-refractivity contribution < 1.29 is 13.2 Å². The van der Waals surface area contributed by atoms with Crippen LogP contribution in [0.4, 0.5) is 18.9 Å². The van der Waals surface area contributed by atoms with E-state index in [1.807, 2.05) is 13.2 Å². The molecular formula is C13H17F3N2S2. The lowest BCUT2D eigenvalue weighted by molar-refractivity contribution is -0.137. The van der Waals surface area contributed by atoms with Gasteiger partial charge in [-0.05, 0) is 43.6 Å². The SMILES string of the molecule is CSCCC(C)Nc1ccc(C(N)=S)c(C(F)(F)F)c1. The monoisotopic (exact) mass is 322 g/mol. The average molecular weight is 322 g/mol. The van der Waals surface area contributed by atoms with Crippen molar-refractivity contribution in [1.82, 2.24) is 0 Å². The highest BCUT2D eigenvalue weighted by molar-refractivity contribution is 7.98. The first-order chi connectivity index (χ1) is 9.25. The molecule has 0 saturated carbocycles. The van der Waals surface area contributed by atoms with Crippen LogP contribution in [0.1, 0.15) is 24.5 Å². The molecule has 0 bridgehead atoms. The molecule has 0 radical (unpaired) electrons. The lowest BCUT2D eigenvalue weighted by atomic mass is 10.1. The summed E-state index contributed by atoms with van der Waals surface area (Å²) in [5, 5.41) is 3.06. The van der Waals surface area contributed by atoms with Crippen LogP contribution in [0.25, 0.3) is 0 Å². The van der Waals surface area contributed by atoms with Crippen LogP contribution in [-0.4, -0.2) is 23.0 Å². The minimum Gasteiger partial charge on any atom is -0.389 e. The smallest absolute Gasteiger partial charge is 0.389 e. The van der Waals surface area contributed by atoms with Crippen molar-refractivity contribution >= 4 is 34.7 Å². The molecule has 0 aliphatic carbocycles. The quantitative estimate of drug-likeness (QED) is 0.779. The van der Waals surface area contributed by atoms with E-state index in [0.717, 1.165) is 18.2 Å². The fourth-order valence-electron chi connectivity index (χ4n) is 1.73. The van der Waals surface area contributed by atoms with Gasteiger partial charge in [-0.25, -0.2) is 0 Å². The number of hydrogen-bond acceptors (Lipinski definition) is 3. The third-order valence-corrected chi connectivity index (χ3v) is 3.62. The van der Waals surface area contributed by atoms with Crippen LogP contribution in [0.2, 0.25) is 0 Å². The summed E-state index contributed by atoms with van der Waals surface area (Å²) in [6.45, 7) is 1.94. The minimum absolute atomic E-state index is 0.0965. The Morgan fingerprint density at radius 2 is 2.10 bits per heavy atom. The van der Waals surface area contributed by atoms with Gasteiger partial charge in [-0.3, -0.25) is 0 Å². The first-order valence-corrected chi connectivity index (χ1v) is 7.82. The molecule has 20 heavy (non-hydrogen) atoms. The summed E-state index contributed by atoms with van der Waals surface area (Å²) in [6.07, 6.45) is -1.61. The summed E-state index contributed by atoms with van der Waals surface area (Å²) in [5.74, 6) is 0.950. The number of alkyl halides is 3. The summed E-state index contributed by atoms with van der Waals surface area (Å²) in [6, 6.07) is 4.04. The molecule has 3 N–H and O–H groups in total. The zero-order valence-electron chi connectivity index (χ0n) is 11.3. The van der Waals surface area contributed by atoms with Crippen LogP contribution in [0.5, 0.6) is 0 Å². The lowest BCUT2D eigenvalue weighted by Crippen LogP contribution is -2.20. The molecular weight excluding hydrogens is 305 g/mol. The van der Waals surface area contributed by atoms with Crippen LogP contribution in [0.3, 0.4) is 0 Å². The number of thioether (sulfide) groups is 1. The van der Waals surface area contributed by atoms with Crippen molar-refractivity contribution in [2.75, 3.05) is 17.3 Å². The van der Waals surface area contributed by atoms with E-state index in [4.69, 9.17) is 5.73 Å². The van der Waals surface area contributed by atoms with E-state index in [-0.39, 0.29) is 16.6 Å². The van der Waals surface area contributed by atoms with Gasteiger partial charge in [0.1, 0.15) is 4.99 Å². The highest BCUT2D eigenvalue weighted by atomic mass is 32.2. The van der Waals surface area contributed by atoms with E-state index in [9.17, 15) is 13.2 Å². The standard InChI is InChI=1S/C13H17F3N2S2/c1-8(5-6-20-2)18-9-3-4-10(12(17)19)11(7-9)13(14,15)16/h3-4,7-8,18H,5-6H2,1-2H3,(H2,17,19). The van der Waals surface area contributed by atoms with E-state index in [0.29, 0.717) is 5.69 Å². The molecule has 0 aliphatic heterocycles. The molecule has 0 fully saturated rings. The second-order valence-electron chi connectivity index (χ2n) is 4.45. The average Bonchev–Trinajstić information content (AvgIpc) is 2.35. The Balaban J connectivity index is 2.98. The van der Waals surface area contributed by atoms with Gasteiger partial charge in [0, 0.05) is 17.3 Å². The molecule has 1 atom stereocenters. The van der Waals surface area contributed by atoms with Gasteiger partial charge in [-0.1, -0.05) is 12.2 Å². The fourth-order valence-corrected chi connectivity index (χ4v) is 2.50. The van der Waals surface area contributed by atoms with Crippen LogP contribution in [0.15, 0.2) is 18.2 Å². The first-order valence-electron chi connectivity index (χ1n) is 6.02. The molecule has 1 aromatic carbocycles. The second kappa shape index (κ2) is 7.17.